The highest BCUT2D eigenvalue weighted by Gasteiger charge is 2.30. The molecule has 0 amide bonds. The van der Waals surface area contributed by atoms with Crippen LogP contribution in [0.5, 0.6) is 0 Å². The van der Waals surface area contributed by atoms with Crippen molar-refractivity contribution in [1.29, 1.82) is 0 Å². The molecule has 1 unspecified atom stereocenters. The van der Waals surface area contributed by atoms with Gasteiger partial charge >= 0.3 is 0 Å². The van der Waals surface area contributed by atoms with Crippen LogP contribution in [-0.2, 0) is 0 Å². The Morgan fingerprint density at radius 2 is 1.69 bits per heavy atom. The normalized spacial score (nSPS) is 15.8. The van der Waals surface area contributed by atoms with Crippen molar-refractivity contribution in [3.05, 3.63) is 0 Å². The molecule has 16 heavy (non-hydrogen) atoms. The van der Waals surface area contributed by atoms with Crippen LogP contribution >= 0.6 is 0 Å². The van der Waals surface area contributed by atoms with Gasteiger partial charge in [-0.05, 0) is 33.2 Å². The Morgan fingerprint density at radius 3 is 2.06 bits per heavy atom. The average molecular weight is 228 g/mol. The Labute approximate surface area is 103 Å². The van der Waals surface area contributed by atoms with Gasteiger partial charge in [-0.1, -0.05) is 40.0 Å². The molecule has 0 spiro atoms. The molecule has 0 radical (unpaired) electrons. The van der Waals surface area contributed by atoms with Gasteiger partial charge < -0.3 is 5.73 Å². The van der Waals surface area contributed by atoms with Gasteiger partial charge in [0, 0.05) is 18.1 Å². The minimum Gasteiger partial charge on any atom is -0.329 e. The Bertz CT molecular complexity index is 166. The van der Waals surface area contributed by atoms with Gasteiger partial charge in [-0.2, -0.15) is 0 Å². The number of rotatable bonds is 9. The van der Waals surface area contributed by atoms with E-state index in [1.54, 1.807) is 0 Å². The van der Waals surface area contributed by atoms with Gasteiger partial charge in [-0.15, -0.1) is 0 Å². The zero-order valence-electron chi connectivity index (χ0n) is 12.1. The van der Waals surface area contributed by atoms with E-state index in [-0.39, 0.29) is 5.54 Å². The predicted molar refractivity (Wildman–Crippen MR) is 73.7 cm³/mol. The number of unbranched alkanes of at least 4 members (excludes halogenated alkanes) is 2. The van der Waals surface area contributed by atoms with E-state index in [1.807, 2.05) is 0 Å². The third-order valence-corrected chi connectivity index (χ3v) is 4.10. The molecule has 0 rings (SSSR count). The standard InChI is InChI=1S/C14H32N2/c1-6-9-10-11-14(4,12-15)16(5)13(7-2)8-3/h13H,6-12,15H2,1-5H3. The van der Waals surface area contributed by atoms with Crippen molar-refractivity contribution < 1.29 is 0 Å². The van der Waals surface area contributed by atoms with Gasteiger partial charge in [0.2, 0.25) is 0 Å². The van der Waals surface area contributed by atoms with Crippen LogP contribution in [0.15, 0.2) is 0 Å². The molecule has 0 heterocycles. The Hall–Kier alpha value is -0.0800. The highest BCUT2D eigenvalue weighted by atomic mass is 15.2. The summed E-state index contributed by atoms with van der Waals surface area (Å²) in [6.07, 6.45) is 7.58. The monoisotopic (exact) mass is 228 g/mol. The molecule has 0 aliphatic rings. The summed E-state index contributed by atoms with van der Waals surface area (Å²) in [6, 6.07) is 0.676. The third kappa shape index (κ3) is 4.42. The summed E-state index contributed by atoms with van der Waals surface area (Å²) in [5.41, 5.74) is 6.18. The van der Waals surface area contributed by atoms with E-state index in [9.17, 15) is 0 Å². The Kier molecular flexibility index (Phi) is 8.04. The van der Waals surface area contributed by atoms with Crippen LogP contribution in [0, 0.1) is 0 Å². The van der Waals surface area contributed by atoms with E-state index in [1.165, 1.54) is 38.5 Å². The average Bonchev–Trinajstić information content (AvgIpc) is 2.30. The maximum absolute atomic E-state index is 6.00. The number of likely N-dealkylation sites (N-methyl/N-ethyl adjacent to an activating group) is 1. The molecule has 0 aromatic heterocycles. The zero-order valence-corrected chi connectivity index (χ0v) is 12.1. The van der Waals surface area contributed by atoms with Crippen LogP contribution in [0.2, 0.25) is 0 Å². The molecule has 2 heteroatoms. The zero-order chi connectivity index (χ0) is 12.6. The van der Waals surface area contributed by atoms with Crippen LogP contribution in [0.1, 0.15) is 66.2 Å². The van der Waals surface area contributed by atoms with Gasteiger partial charge in [0.1, 0.15) is 0 Å². The second kappa shape index (κ2) is 8.08. The summed E-state index contributed by atoms with van der Waals surface area (Å²) < 4.78 is 0. The minimum absolute atomic E-state index is 0.186. The van der Waals surface area contributed by atoms with Crippen molar-refractivity contribution >= 4 is 0 Å². The third-order valence-electron chi connectivity index (χ3n) is 4.10. The molecule has 2 N–H and O–H groups in total. The summed E-state index contributed by atoms with van der Waals surface area (Å²) in [5, 5.41) is 0. The maximum Gasteiger partial charge on any atom is 0.0303 e. The molecule has 0 bridgehead atoms. The van der Waals surface area contributed by atoms with Crippen LogP contribution in [0.25, 0.3) is 0 Å². The van der Waals surface area contributed by atoms with Gasteiger partial charge in [0.05, 0.1) is 0 Å². The van der Waals surface area contributed by atoms with Crippen molar-refractivity contribution in [3.8, 4) is 0 Å². The SMILES string of the molecule is CCCCCC(C)(CN)N(C)C(CC)CC. The molecule has 98 valence electrons. The summed E-state index contributed by atoms with van der Waals surface area (Å²) in [4.78, 5) is 2.52. The van der Waals surface area contributed by atoms with Crippen LogP contribution < -0.4 is 5.73 Å². The molecule has 0 aliphatic carbocycles. The number of nitrogens with zero attached hydrogens (tertiary/aromatic N) is 1. The largest absolute Gasteiger partial charge is 0.329 e. The molecule has 1 atom stereocenters. The first-order valence-electron chi connectivity index (χ1n) is 6.98. The molecule has 0 aliphatic heterocycles. The molecular formula is C14H32N2. The highest BCUT2D eigenvalue weighted by molar-refractivity contribution is 4.88. The second-order valence-corrected chi connectivity index (χ2v) is 5.24. The summed E-state index contributed by atoms with van der Waals surface area (Å²) in [5.74, 6) is 0. The van der Waals surface area contributed by atoms with Crippen LogP contribution in [-0.4, -0.2) is 30.1 Å². The minimum atomic E-state index is 0.186. The lowest BCUT2D eigenvalue weighted by molar-refractivity contribution is 0.0769. The van der Waals surface area contributed by atoms with Gasteiger partial charge in [0.25, 0.3) is 0 Å². The molecule has 0 aromatic carbocycles. The van der Waals surface area contributed by atoms with Crippen molar-refractivity contribution in [1.82, 2.24) is 4.90 Å². The summed E-state index contributed by atoms with van der Waals surface area (Å²) in [7, 11) is 2.25. The first kappa shape index (κ1) is 15.9. The van der Waals surface area contributed by atoms with Gasteiger partial charge in [-0.25, -0.2) is 0 Å². The quantitative estimate of drug-likeness (QED) is 0.613. The summed E-state index contributed by atoms with van der Waals surface area (Å²) >= 11 is 0. The molecule has 2 nitrogen and oxygen atoms in total. The van der Waals surface area contributed by atoms with Crippen LogP contribution in [0.3, 0.4) is 0 Å². The lowest BCUT2D eigenvalue weighted by Gasteiger charge is -2.43. The van der Waals surface area contributed by atoms with E-state index >= 15 is 0 Å². The predicted octanol–water partition coefficient (Wildman–Crippen LogP) is 3.40. The van der Waals surface area contributed by atoms with Crippen molar-refractivity contribution in [2.45, 2.75) is 77.8 Å². The van der Waals surface area contributed by atoms with Crippen molar-refractivity contribution in [2.24, 2.45) is 5.73 Å². The van der Waals surface area contributed by atoms with E-state index in [0.717, 1.165) is 6.54 Å². The molecular weight excluding hydrogens is 196 g/mol. The summed E-state index contributed by atoms with van der Waals surface area (Å²) in [6.45, 7) is 9.89. The molecule has 0 saturated heterocycles. The second-order valence-electron chi connectivity index (χ2n) is 5.24. The Morgan fingerprint density at radius 1 is 1.12 bits per heavy atom. The smallest absolute Gasteiger partial charge is 0.0303 e. The number of hydrogen-bond donors (Lipinski definition) is 1. The van der Waals surface area contributed by atoms with Crippen LogP contribution in [0.4, 0.5) is 0 Å². The molecule has 0 fully saturated rings. The lowest BCUT2D eigenvalue weighted by atomic mass is 9.90. The first-order valence-corrected chi connectivity index (χ1v) is 6.98. The van der Waals surface area contributed by atoms with Gasteiger partial charge in [-0.3, -0.25) is 4.90 Å². The fraction of sp³-hybridized carbons (Fsp3) is 1.00. The van der Waals surface area contributed by atoms with Gasteiger partial charge in [0.15, 0.2) is 0 Å². The molecule has 0 aromatic rings. The lowest BCUT2D eigenvalue weighted by Crippen LogP contribution is -2.53. The number of hydrogen-bond acceptors (Lipinski definition) is 2. The highest BCUT2D eigenvalue weighted by Crippen LogP contribution is 2.24. The molecule has 0 saturated carbocycles. The van der Waals surface area contributed by atoms with E-state index in [2.05, 4.69) is 39.6 Å². The van der Waals surface area contributed by atoms with Crippen molar-refractivity contribution in [3.63, 3.8) is 0 Å². The topological polar surface area (TPSA) is 29.3 Å². The fourth-order valence-electron chi connectivity index (χ4n) is 2.46. The number of nitrogens with two attached hydrogens (primary N) is 1. The van der Waals surface area contributed by atoms with E-state index in [0.29, 0.717) is 6.04 Å². The van der Waals surface area contributed by atoms with E-state index < -0.39 is 0 Å². The van der Waals surface area contributed by atoms with Crippen molar-refractivity contribution in [2.75, 3.05) is 13.6 Å². The van der Waals surface area contributed by atoms with E-state index in [4.69, 9.17) is 5.73 Å². The first-order chi connectivity index (χ1) is 7.55. The Balaban J connectivity index is 4.40. The fourth-order valence-corrected chi connectivity index (χ4v) is 2.46. The maximum atomic E-state index is 6.00.